The van der Waals surface area contributed by atoms with Gasteiger partial charge in [-0.3, -0.25) is 10.1 Å². The van der Waals surface area contributed by atoms with Gasteiger partial charge >= 0.3 is 0 Å². The topological polar surface area (TPSA) is 64.4 Å². The smallest absolute Gasteiger partial charge is 0.272 e. The number of nitro groups is 1. The Labute approximate surface area is 125 Å². The van der Waals surface area contributed by atoms with Crippen LogP contribution in [0.2, 0.25) is 0 Å². The normalized spacial score (nSPS) is 23.6. The number of nitro benzene ring substituents is 1. The molecule has 1 aliphatic carbocycles. The molecule has 2 atom stereocenters. The van der Waals surface area contributed by atoms with Crippen LogP contribution in [0.1, 0.15) is 38.3 Å². The van der Waals surface area contributed by atoms with Crippen LogP contribution >= 0.6 is 0 Å². The number of nitrogens with zero attached hydrogens (tertiary/aromatic N) is 1. The lowest BCUT2D eigenvalue weighted by Crippen LogP contribution is -2.60. The number of hydrogen-bond donors (Lipinski definition) is 1. The molecule has 0 saturated heterocycles. The minimum absolute atomic E-state index is 0.102. The summed E-state index contributed by atoms with van der Waals surface area (Å²) in [5.41, 5.74) is 2.02. The minimum Gasteiger partial charge on any atom is -0.378 e. The second kappa shape index (κ2) is 6.12. The van der Waals surface area contributed by atoms with Crippen LogP contribution in [0.3, 0.4) is 0 Å². The quantitative estimate of drug-likeness (QED) is 0.646. The summed E-state index contributed by atoms with van der Waals surface area (Å²) in [5.74, 6) is 0. The fraction of sp³-hybridized carbons (Fsp3) is 0.625. The highest BCUT2D eigenvalue weighted by Gasteiger charge is 2.48. The van der Waals surface area contributed by atoms with E-state index >= 15 is 0 Å². The first kappa shape index (κ1) is 15.9. The third-order valence-electron chi connectivity index (χ3n) is 4.70. The van der Waals surface area contributed by atoms with Gasteiger partial charge in [-0.05, 0) is 25.8 Å². The van der Waals surface area contributed by atoms with Crippen LogP contribution in [0.5, 0.6) is 0 Å². The number of benzene rings is 1. The van der Waals surface area contributed by atoms with Crippen molar-refractivity contribution in [2.45, 2.75) is 52.8 Å². The van der Waals surface area contributed by atoms with Crippen molar-refractivity contribution in [2.75, 3.05) is 6.61 Å². The summed E-state index contributed by atoms with van der Waals surface area (Å²) in [6, 6.07) is 5.63. The van der Waals surface area contributed by atoms with Crippen LogP contribution in [-0.4, -0.2) is 23.7 Å². The Kier molecular flexibility index (Phi) is 4.64. The van der Waals surface area contributed by atoms with Gasteiger partial charge in [0, 0.05) is 36.2 Å². The van der Waals surface area contributed by atoms with Crippen molar-refractivity contribution in [1.29, 1.82) is 0 Å². The van der Waals surface area contributed by atoms with Crippen molar-refractivity contribution < 1.29 is 9.66 Å². The Morgan fingerprint density at radius 2 is 2.19 bits per heavy atom. The first-order chi connectivity index (χ1) is 9.87. The van der Waals surface area contributed by atoms with Crippen LogP contribution in [0.4, 0.5) is 5.69 Å². The number of hydrogen-bond acceptors (Lipinski definition) is 4. The highest BCUT2D eigenvalue weighted by molar-refractivity contribution is 5.44. The second-order valence-corrected chi connectivity index (χ2v) is 6.25. The van der Waals surface area contributed by atoms with Gasteiger partial charge in [-0.25, -0.2) is 0 Å². The zero-order chi connectivity index (χ0) is 15.6. The molecular weight excluding hydrogens is 268 g/mol. The summed E-state index contributed by atoms with van der Waals surface area (Å²) >= 11 is 0. The molecule has 5 nitrogen and oxygen atoms in total. The molecule has 1 aromatic carbocycles. The maximum atomic E-state index is 11.0. The third kappa shape index (κ3) is 3.09. The van der Waals surface area contributed by atoms with E-state index in [2.05, 4.69) is 19.2 Å². The highest BCUT2D eigenvalue weighted by Crippen LogP contribution is 2.42. The van der Waals surface area contributed by atoms with Gasteiger partial charge < -0.3 is 10.1 Å². The molecule has 2 rings (SSSR count). The van der Waals surface area contributed by atoms with Gasteiger partial charge in [-0.1, -0.05) is 26.0 Å². The molecule has 5 heteroatoms. The van der Waals surface area contributed by atoms with Gasteiger partial charge in [-0.2, -0.15) is 0 Å². The van der Waals surface area contributed by atoms with Crippen LogP contribution in [-0.2, 0) is 11.3 Å². The molecule has 2 unspecified atom stereocenters. The highest BCUT2D eigenvalue weighted by atomic mass is 16.6. The molecule has 1 saturated carbocycles. The maximum Gasteiger partial charge on any atom is 0.272 e. The molecular formula is C16H24N2O3. The molecule has 0 amide bonds. The van der Waals surface area contributed by atoms with Crippen LogP contribution < -0.4 is 5.32 Å². The van der Waals surface area contributed by atoms with E-state index in [9.17, 15) is 10.1 Å². The number of ether oxygens (including phenoxy) is 1. The van der Waals surface area contributed by atoms with E-state index < -0.39 is 0 Å². The van der Waals surface area contributed by atoms with Crippen LogP contribution in [0.25, 0.3) is 0 Å². The lowest BCUT2D eigenvalue weighted by Gasteiger charge is -2.52. The Bertz CT molecular complexity index is 528. The maximum absolute atomic E-state index is 11.0. The SMILES string of the molecule is CCOC1CC(NCc2cccc([N+](=O)[O-])c2C)C1(C)C. The fourth-order valence-electron chi connectivity index (χ4n) is 3.01. The van der Waals surface area contributed by atoms with Crippen LogP contribution in [0.15, 0.2) is 18.2 Å². The van der Waals surface area contributed by atoms with Gasteiger partial charge in [-0.15, -0.1) is 0 Å². The van der Waals surface area contributed by atoms with E-state index in [1.165, 1.54) is 0 Å². The average Bonchev–Trinajstić information content (AvgIpc) is 2.43. The molecule has 1 aromatic rings. The average molecular weight is 292 g/mol. The molecule has 0 radical (unpaired) electrons. The second-order valence-electron chi connectivity index (χ2n) is 6.25. The van der Waals surface area contributed by atoms with E-state index in [1.54, 1.807) is 12.1 Å². The molecule has 21 heavy (non-hydrogen) atoms. The zero-order valence-electron chi connectivity index (χ0n) is 13.2. The van der Waals surface area contributed by atoms with Crippen molar-refractivity contribution in [3.8, 4) is 0 Å². The van der Waals surface area contributed by atoms with Gasteiger partial charge in [0.1, 0.15) is 0 Å². The molecule has 0 aliphatic heterocycles. The molecule has 1 aliphatic rings. The molecule has 0 heterocycles. The van der Waals surface area contributed by atoms with E-state index in [0.717, 1.165) is 24.2 Å². The Morgan fingerprint density at radius 1 is 1.48 bits per heavy atom. The fourth-order valence-corrected chi connectivity index (χ4v) is 3.01. The third-order valence-corrected chi connectivity index (χ3v) is 4.70. The predicted molar refractivity (Wildman–Crippen MR) is 82.3 cm³/mol. The summed E-state index contributed by atoms with van der Waals surface area (Å²) < 4.78 is 5.72. The van der Waals surface area contributed by atoms with Gasteiger partial charge in [0.2, 0.25) is 0 Å². The zero-order valence-corrected chi connectivity index (χ0v) is 13.2. The largest absolute Gasteiger partial charge is 0.378 e. The van der Waals surface area contributed by atoms with E-state index in [4.69, 9.17) is 4.74 Å². The van der Waals surface area contributed by atoms with Crippen molar-refractivity contribution in [3.63, 3.8) is 0 Å². The minimum atomic E-state index is -0.322. The van der Waals surface area contributed by atoms with Gasteiger partial charge in [0.05, 0.1) is 11.0 Å². The van der Waals surface area contributed by atoms with E-state index in [1.807, 2.05) is 19.9 Å². The molecule has 0 spiro atoms. The van der Waals surface area contributed by atoms with Gasteiger partial charge in [0.15, 0.2) is 0 Å². The Morgan fingerprint density at radius 3 is 2.76 bits per heavy atom. The first-order valence-corrected chi connectivity index (χ1v) is 7.45. The van der Waals surface area contributed by atoms with Crippen molar-refractivity contribution in [2.24, 2.45) is 5.41 Å². The summed E-state index contributed by atoms with van der Waals surface area (Å²) in [7, 11) is 0. The molecule has 1 N–H and O–H groups in total. The number of nitrogens with one attached hydrogen (secondary N) is 1. The van der Waals surface area contributed by atoms with E-state index in [-0.39, 0.29) is 16.0 Å². The summed E-state index contributed by atoms with van der Waals surface area (Å²) in [6.45, 7) is 9.63. The Hall–Kier alpha value is -1.46. The molecule has 0 bridgehead atoms. The monoisotopic (exact) mass is 292 g/mol. The van der Waals surface area contributed by atoms with Crippen LogP contribution in [0, 0.1) is 22.5 Å². The lowest BCUT2D eigenvalue weighted by atomic mass is 9.64. The molecule has 0 aromatic heterocycles. The predicted octanol–water partition coefficient (Wildman–Crippen LogP) is 3.20. The van der Waals surface area contributed by atoms with Crippen molar-refractivity contribution in [1.82, 2.24) is 5.32 Å². The lowest BCUT2D eigenvalue weighted by molar-refractivity contribution is -0.385. The number of rotatable bonds is 6. The molecule has 1 fully saturated rings. The standard InChI is InChI=1S/C16H24N2O3/c1-5-21-15-9-14(16(15,3)4)17-10-12-7-6-8-13(11(12)2)18(19)20/h6-8,14-15,17H,5,9-10H2,1-4H3. The summed E-state index contributed by atoms with van der Waals surface area (Å²) in [4.78, 5) is 10.6. The van der Waals surface area contributed by atoms with E-state index in [0.29, 0.717) is 18.7 Å². The van der Waals surface area contributed by atoms with Crippen molar-refractivity contribution in [3.05, 3.63) is 39.4 Å². The molecule has 116 valence electrons. The summed E-state index contributed by atoms with van der Waals surface area (Å²) in [5, 5.41) is 14.5. The van der Waals surface area contributed by atoms with Gasteiger partial charge in [0.25, 0.3) is 5.69 Å². The summed E-state index contributed by atoms with van der Waals surface area (Å²) in [6.07, 6.45) is 1.29. The van der Waals surface area contributed by atoms with Crippen molar-refractivity contribution >= 4 is 5.69 Å². The Balaban J connectivity index is 1.99. The first-order valence-electron chi connectivity index (χ1n) is 7.45.